The number of unbranched alkanes of at least 4 members (excludes halogenated alkanes) is 1. The lowest BCUT2D eigenvalue weighted by atomic mass is 9.96. The molecule has 0 aromatic heterocycles. The van der Waals surface area contributed by atoms with Gasteiger partial charge in [-0.25, -0.2) is 0 Å². The number of ether oxygens (including phenoxy) is 3. The molecule has 0 spiro atoms. The number of carboxylic acids is 1. The number of carbonyl (C=O) groups is 1. The molecular formula is C18H34N2O13. The third kappa shape index (κ3) is 6.34. The van der Waals surface area contributed by atoms with Gasteiger partial charge in [-0.3, -0.25) is 4.79 Å². The highest BCUT2D eigenvalue weighted by molar-refractivity contribution is 5.73. The second-order valence-electron chi connectivity index (χ2n) is 8.05. The van der Waals surface area contributed by atoms with E-state index in [0.717, 1.165) is 0 Å². The Labute approximate surface area is 189 Å². The van der Waals surface area contributed by atoms with E-state index in [1.165, 1.54) is 0 Å². The molecule has 3 unspecified atom stereocenters. The molecule has 2 fully saturated rings. The average molecular weight is 486 g/mol. The summed E-state index contributed by atoms with van der Waals surface area (Å²) in [6.07, 6.45) is -16.4. The highest BCUT2D eigenvalue weighted by atomic mass is 16.7. The minimum atomic E-state index is -1.88. The molecule has 33 heavy (non-hydrogen) atoms. The van der Waals surface area contributed by atoms with Gasteiger partial charge in [-0.15, -0.1) is 5.06 Å². The van der Waals surface area contributed by atoms with Crippen LogP contribution in [0.1, 0.15) is 19.3 Å². The summed E-state index contributed by atoms with van der Waals surface area (Å²) in [5.74, 6) is -1.44. The van der Waals surface area contributed by atoms with E-state index < -0.39 is 86.6 Å². The van der Waals surface area contributed by atoms with E-state index in [0.29, 0.717) is 12.8 Å². The van der Waals surface area contributed by atoms with Crippen LogP contribution in [0.15, 0.2) is 0 Å². The molecule has 15 heteroatoms. The first-order chi connectivity index (χ1) is 15.6. The molecule has 2 aliphatic heterocycles. The Morgan fingerprint density at radius 3 is 2.03 bits per heavy atom. The Morgan fingerprint density at radius 2 is 1.48 bits per heavy atom. The van der Waals surface area contributed by atoms with Crippen molar-refractivity contribution in [3.63, 3.8) is 0 Å². The van der Waals surface area contributed by atoms with Crippen LogP contribution in [-0.2, 0) is 19.0 Å². The van der Waals surface area contributed by atoms with Gasteiger partial charge in [0.25, 0.3) is 0 Å². The van der Waals surface area contributed by atoms with Gasteiger partial charge in [0.2, 0.25) is 0 Å². The quantitative estimate of drug-likeness (QED) is 0.0967. The third-order valence-corrected chi connectivity index (χ3v) is 5.78. The van der Waals surface area contributed by atoms with Crippen LogP contribution in [-0.4, -0.2) is 144 Å². The monoisotopic (exact) mass is 486 g/mol. The Morgan fingerprint density at radius 1 is 0.909 bits per heavy atom. The van der Waals surface area contributed by atoms with E-state index >= 15 is 0 Å². The predicted octanol–water partition coefficient (Wildman–Crippen LogP) is -5.12. The molecule has 2 aliphatic rings. The van der Waals surface area contributed by atoms with Gasteiger partial charge in [0.05, 0.1) is 13.2 Å². The fourth-order valence-electron chi connectivity index (χ4n) is 3.79. The van der Waals surface area contributed by atoms with Crippen molar-refractivity contribution in [2.75, 3.05) is 19.8 Å². The highest BCUT2D eigenvalue weighted by Crippen LogP contribution is 2.31. The van der Waals surface area contributed by atoms with Gasteiger partial charge in [-0.1, -0.05) is 0 Å². The Bertz CT molecular complexity index is 614. The summed E-state index contributed by atoms with van der Waals surface area (Å²) in [6, 6.07) is -1.55. The van der Waals surface area contributed by atoms with Crippen LogP contribution in [0.25, 0.3) is 0 Å². The molecule has 0 saturated carbocycles. The number of nitrogens with two attached hydrogens (primary N) is 1. The molecule has 11 atom stereocenters. The molecule has 0 amide bonds. The maximum atomic E-state index is 11.7. The van der Waals surface area contributed by atoms with Gasteiger partial charge in [-0.05, 0) is 25.8 Å². The van der Waals surface area contributed by atoms with Crippen LogP contribution >= 0.6 is 0 Å². The summed E-state index contributed by atoms with van der Waals surface area (Å²) >= 11 is 0. The fourth-order valence-corrected chi connectivity index (χ4v) is 3.79. The Balaban J connectivity index is 2.30. The molecule has 0 radical (unpaired) electrons. The van der Waals surface area contributed by atoms with Crippen molar-refractivity contribution in [1.82, 2.24) is 5.06 Å². The first-order valence-electron chi connectivity index (χ1n) is 10.6. The molecule has 15 nitrogen and oxygen atoms in total. The van der Waals surface area contributed by atoms with E-state index in [9.17, 15) is 50.9 Å². The number of aliphatic hydroxyl groups is 7. The highest BCUT2D eigenvalue weighted by Gasteiger charge is 2.53. The number of aliphatic hydroxyl groups excluding tert-OH is 7. The smallest absolute Gasteiger partial charge is 0.323 e. The van der Waals surface area contributed by atoms with Crippen LogP contribution in [0.3, 0.4) is 0 Å². The Kier molecular flexibility index (Phi) is 10.8. The van der Waals surface area contributed by atoms with Crippen molar-refractivity contribution in [1.29, 1.82) is 0 Å². The van der Waals surface area contributed by atoms with Crippen LogP contribution < -0.4 is 5.73 Å². The van der Waals surface area contributed by atoms with Gasteiger partial charge in [-0.2, -0.15) is 0 Å². The molecule has 0 bridgehead atoms. The maximum Gasteiger partial charge on any atom is 0.323 e. The van der Waals surface area contributed by atoms with E-state index in [1.54, 1.807) is 0 Å². The number of aliphatic carboxylic acids is 1. The van der Waals surface area contributed by atoms with Crippen LogP contribution in [0.2, 0.25) is 0 Å². The molecule has 2 rings (SSSR count). The van der Waals surface area contributed by atoms with E-state index in [2.05, 4.69) is 0 Å². The minimum Gasteiger partial charge on any atom is -0.480 e. The maximum absolute atomic E-state index is 11.7. The van der Waals surface area contributed by atoms with Crippen molar-refractivity contribution >= 4 is 5.97 Å². The first kappa shape index (κ1) is 28.2. The summed E-state index contributed by atoms with van der Waals surface area (Å²) in [4.78, 5) is 11.7. The second kappa shape index (κ2) is 12.6. The standard InChI is InChI=1S/C18H34N2O13/c19-4-2-1-3-7(17(28)29)20(30)16-15(13(26)11(24)8(5-21)31-16)33-18-14(27)12(25)10(23)9(6-22)32-18/h7-16,18,21-27,30H,1-6,19H2,(H,28,29)/t7?,8-,9-,10-,11+,12+,13+,14-,15-,16?,18?/m1/s1. The van der Waals surface area contributed by atoms with E-state index in [1.807, 2.05) is 0 Å². The minimum absolute atomic E-state index is 0.0713. The zero-order chi connectivity index (χ0) is 24.9. The zero-order valence-corrected chi connectivity index (χ0v) is 17.8. The van der Waals surface area contributed by atoms with Crippen LogP contribution in [0, 0.1) is 0 Å². The molecule has 0 aliphatic carbocycles. The van der Waals surface area contributed by atoms with Crippen molar-refractivity contribution < 1.29 is 65.1 Å². The normalized spacial score (nSPS) is 40.7. The molecule has 0 aromatic carbocycles. The number of nitrogens with zero attached hydrogens (tertiary/aromatic N) is 1. The van der Waals surface area contributed by atoms with Crippen molar-refractivity contribution in [2.45, 2.75) is 86.7 Å². The summed E-state index contributed by atoms with van der Waals surface area (Å²) < 4.78 is 16.1. The molecule has 0 aromatic rings. The van der Waals surface area contributed by atoms with E-state index in [-0.39, 0.29) is 18.0 Å². The molecule has 194 valence electrons. The number of hydrogen-bond donors (Lipinski definition) is 10. The molecule has 2 saturated heterocycles. The topological polar surface area (TPSA) is 256 Å². The van der Waals surface area contributed by atoms with Gasteiger partial charge in [0.15, 0.2) is 12.5 Å². The summed E-state index contributed by atoms with van der Waals surface area (Å²) in [6.45, 7) is -1.26. The first-order valence-corrected chi connectivity index (χ1v) is 10.6. The summed E-state index contributed by atoms with van der Waals surface area (Å²) in [7, 11) is 0. The lowest BCUT2D eigenvalue weighted by Gasteiger charge is -2.48. The van der Waals surface area contributed by atoms with Crippen molar-refractivity contribution in [3.05, 3.63) is 0 Å². The number of carboxylic acid groups (broad SMARTS) is 1. The molecule has 11 N–H and O–H groups in total. The Hall–Kier alpha value is -1.05. The van der Waals surface area contributed by atoms with Gasteiger partial charge >= 0.3 is 5.97 Å². The largest absolute Gasteiger partial charge is 0.480 e. The van der Waals surface area contributed by atoms with Crippen molar-refractivity contribution in [2.24, 2.45) is 5.73 Å². The third-order valence-electron chi connectivity index (χ3n) is 5.78. The van der Waals surface area contributed by atoms with Gasteiger partial charge < -0.3 is 66.0 Å². The molecule has 2 heterocycles. The zero-order valence-electron chi connectivity index (χ0n) is 17.8. The summed E-state index contributed by atoms with van der Waals surface area (Å²) in [5.41, 5.74) is 5.41. The SMILES string of the molecule is NCCCCC(C(=O)O)N(O)C1O[C@H](CO)[C@H](O)[C@H](O)[C@H]1OC1O[C@H](CO)[C@@H](O)[C@H](O)[C@H]1O. The molecular weight excluding hydrogens is 452 g/mol. The number of hydrogen-bond acceptors (Lipinski definition) is 14. The van der Waals surface area contributed by atoms with Gasteiger partial charge in [0.1, 0.15) is 54.9 Å². The summed E-state index contributed by atoms with van der Waals surface area (Å²) in [5, 5.41) is 90.2. The van der Waals surface area contributed by atoms with E-state index in [4.69, 9.17) is 19.9 Å². The fraction of sp³-hybridized carbons (Fsp3) is 0.944. The predicted molar refractivity (Wildman–Crippen MR) is 104 cm³/mol. The lowest BCUT2D eigenvalue weighted by Crippen LogP contribution is -2.68. The van der Waals surface area contributed by atoms with Gasteiger partial charge in [0, 0.05) is 0 Å². The lowest BCUT2D eigenvalue weighted by molar-refractivity contribution is -0.376. The number of hydroxylamine groups is 2. The number of rotatable bonds is 11. The second-order valence-corrected chi connectivity index (χ2v) is 8.05. The average Bonchev–Trinajstić information content (AvgIpc) is 2.79. The van der Waals surface area contributed by atoms with Crippen LogP contribution in [0.5, 0.6) is 0 Å². The van der Waals surface area contributed by atoms with Crippen molar-refractivity contribution in [3.8, 4) is 0 Å². The van der Waals surface area contributed by atoms with Crippen LogP contribution in [0.4, 0.5) is 0 Å².